The summed E-state index contributed by atoms with van der Waals surface area (Å²) in [5.74, 6) is -0.737. The van der Waals surface area contributed by atoms with Crippen LogP contribution in [0.2, 0.25) is 4.47 Å². The third kappa shape index (κ3) is 3.03. The number of nitrogens with zero attached hydrogens (tertiary/aromatic N) is 2. The summed E-state index contributed by atoms with van der Waals surface area (Å²) >= 11 is 6.94. The van der Waals surface area contributed by atoms with Crippen LogP contribution in [0.1, 0.15) is 15.2 Å². The Balaban J connectivity index is 2.32. The lowest BCUT2D eigenvalue weighted by molar-refractivity contribution is -0.384. The van der Waals surface area contributed by atoms with E-state index in [0.717, 1.165) is 4.88 Å². The maximum atomic E-state index is 11.3. The molecule has 1 heterocycles. The van der Waals surface area contributed by atoms with Crippen LogP contribution in [0.5, 0.6) is 0 Å². The monoisotopic (exact) mass is 312 g/mol. The highest BCUT2D eigenvalue weighted by molar-refractivity contribution is 7.15. The fourth-order valence-corrected chi connectivity index (χ4v) is 2.54. The molecule has 1 aromatic carbocycles. The van der Waals surface area contributed by atoms with E-state index in [9.17, 15) is 14.9 Å². The second-order valence-corrected chi connectivity index (χ2v) is 5.45. The maximum absolute atomic E-state index is 11.3. The van der Waals surface area contributed by atoms with Crippen LogP contribution in [0, 0.1) is 10.1 Å². The number of benzene rings is 1. The number of amides is 1. The van der Waals surface area contributed by atoms with Crippen molar-refractivity contribution in [2.24, 2.45) is 5.73 Å². The Morgan fingerprint density at radius 1 is 1.55 bits per heavy atom. The van der Waals surface area contributed by atoms with Crippen LogP contribution in [-0.4, -0.2) is 15.8 Å². The van der Waals surface area contributed by atoms with Crippen molar-refractivity contribution in [2.45, 2.75) is 6.54 Å². The molecule has 0 saturated heterocycles. The molecule has 0 unspecified atom stereocenters. The summed E-state index contributed by atoms with van der Waals surface area (Å²) in [6.45, 7) is 0.259. The second-order valence-electron chi connectivity index (χ2n) is 3.75. The average Bonchev–Trinajstić information content (AvgIpc) is 2.81. The summed E-state index contributed by atoms with van der Waals surface area (Å²) in [6.07, 6.45) is 1.55. The van der Waals surface area contributed by atoms with E-state index in [0.29, 0.717) is 4.47 Å². The zero-order valence-corrected chi connectivity index (χ0v) is 11.6. The standard InChI is InChI=1S/C11H9ClN4O3S/c12-11-15-5-6(20-11)4-14-9-7(10(13)17)2-1-3-8(9)16(18)19/h1-3,5,14H,4H2,(H2,13,17). The molecule has 1 aromatic heterocycles. The molecule has 104 valence electrons. The number of primary amides is 1. The average molecular weight is 313 g/mol. The van der Waals surface area contributed by atoms with Gasteiger partial charge in [-0.25, -0.2) is 4.98 Å². The molecule has 2 rings (SSSR count). The molecular weight excluding hydrogens is 304 g/mol. The van der Waals surface area contributed by atoms with E-state index in [1.54, 1.807) is 6.20 Å². The van der Waals surface area contributed by atoms with E-state index < -0.39 is 10.8 Å². The zero-order chi connectivity index (χ0) is 14.7. The van der Waals surface area contributed by atoms with E-state index in [1.165, 1.54) is 29.5 Å². The number of nitro groups is 1. The Bertz CT molecular complexity index is 641. The summed E-state index contributed by atoms with van der Waals surface area (Å²) < 4.78 is 0.375. The van der Waals surface area contributed by atoms with Gasteiger partial charge in [0.1, 0.15) is 5.69 Å². The van der Waals surface area contributed by atoms with Gasteiger partial charge in [-0.1, -0.05) is 17.7 Å². The van der Waals surface area contributed by atoms with E-state index in [1.807, 2.05) is 0 Å². The quantitative estimate of drug-likeness (QED) is 0.650. The molecule has 2 aromatic rings. The number of aromatic nitrogens is 1. The Morgan fingerprint density at radius 2 is 2.30 bits per heavy atom. The van der Waals surface area contributed by atoms with Gasteiger partial charge in [0, 0.05) is 17.1 Å². The van der Waals surface area contributed by atoms with Gasteiger partial charge in [-0.3, -0.25) is 14.9 Å². The van der Waals surface area contributed by atoms with Crippen molar-refractivity contribution in [3.8, 4) is 0 Å². The summed E-state index contributed by atoms with van der Waals surface area (Å²) in [4.78, 5) is 26.4. The van der Waals surface area contributed by atoms with E-state index in [2.05, 4.69) is 10.3 Å². The fourth-order valence-electron chi connectivity index (χ4n) is 1.62. The van der Waals surface area contributed by atoms with Crippen LogP contribution in [0.25, 0.3) is 0 Å². The van der Waals surface area contributed by atoms with Gasteiger partial charge in [-0.2, -0.15) is 0 Å². The van der Waals surface area contributed by atoms with Crippen LogP contribution in [0.15, 0.2) is 24.4 Å². The molecule has 3 N–H and O–H groups in total. The second kappa shape index (κ2) is 5.85. The Kier molecular flexibility index (Phi) is 4.16. The van der Waals surface area contributed by atoms with Crippen LogP contribution in [0.3, 0.4) is 0 Å². The van der Waals surface area contributed by atoms with Gasteiger partial charge in [0.25, 0.3) is 11.6 Å². The molecular formula is C11H9ClN4O3S. The van der Waals surface area contributed by atoms with Crippen LogP contribution >= 0.6 is 22.9 Å². The van der Waals surface area contributed by atoms with E-state index in [-0.39, 0.29) is 23.5 Å². The van der Waals surface area contributed by atoms with Crippen molar-refractivity contribution in [2.75, 3.05) is 5.32 Å². The highest BCUT2D eigenvalue weighted by Gasteiger charge is 2.20. The number of carbonyl (C=O) groups is 1. The number of rotatable bonds is 5. The van der Waals surface area contributed by atoms with Crippen LogP contribution in [-0.2, 0) is 6.54 Å². The SMILES string of the molecule is NC(=O)c1cccc([N+](=O)[O-])c1NCc1cnc(Cl)s1. The van der Waals surface area contributed by atoms with Crippen molar-refractivity contribution in [1.29, 1.82) is 0 Å². The molecule has 20 heavy (non-hydrogen) atoms. The van der Waals surface area contributed by atoms with Gasteiger partial charge in [-0.15, -0.1) is 11.3 Å². The number of thiazole rings is 1. The van der Waals surface area contributed by atoms with E-state index >= 15 is 0 Å². The summed E-state index contributed by atoms with van der Waals surface area (Å²) in [5, 5.41) is 13.8. The summed E-state index contributed by atoms with van der Waals surface area (Å²) in [6, 6.07) is 4.14. The number of hydrogen-bond acceptors (Lipinski definition) is 6. The molecule has 7 nitrogen and oxygen atoms in total. The number of para-hydroxylation sites is 1. The van der Waals surface area contributed by atoms with Gasteiger partial charge in [-0.05, 0) is 6.07 Å². The highest BCUT2D eigenvalue weighted by Crippen LogP contribution is 2.29. The largest absolute Gasteiger partial charge is 0.374 e. The minimum atomic E-state index is -0.737. The van der Waals surface area contributed by atoms with Crippen molar-refractivity contribution >= 4 is 40.2 Å². The third-order valence-electron chi connectivity index (χ3n) is 2.47. The molecule has 0 spiro atoms. The minimum absolute atomic E-state index is 0.0646. The minimum Gasteiger partial charge on any atom is -0.374 e. The number of nitrogens with one attached hydrogen (secondary N) is 1. The first-order valence-electron chi connectivity index (χ1n) is 5.40. The first-order valence-corrected chi connectivity index (χ1v) is 6.59. The smallest absolute Gasteiger partial charge is 0.293 e. The molecule has 0 bridgehead atoms. The molecule has 0 aliphatic rings. The number of carbonyl (C=O) groups excluding carboxylic acids is 1. The Hall–Kier alpha value is -2.19. The number of nitrogens with two attached hydrogens (primary N) is 1. The lowest BCUT2D eigenvalue weighted by Gasteiger charge is -2.09. The van der Waals surface area contributed by atoms with Gasteiger partial charge in [0.15, 0.2) is 4.47 Å². The highest BCUT2D eigenvalue weighted by atomic mass is 35.5. The number of halogens is 1. The van der Waals surface area contributed by atoms with Crippen molar-refractivity contribution < 1.29 is 9.72 Å². The number of hydrogen-bond donors (Lipinski definition) is 2. The molecule has 9 heteroatoms. The summed E-state index contributed by atoms with van der Waals surface area (Å²) in [7, 11) is 0. The van der Waals surface area contributed by atoms with Crippen LogP contribution < -0.4 is 11.1 Å². The first-order chi connectivity index (χ1) is 9.49. The van der Waals surface area contributed by atoms with Gasteiger partial charge in [0.2, 0.25) is 0 Å². The molecule has 0 aliphatic carbocycles. The van der Waals surface area contributed by atoms with E-state index in [4.69, 9.17) is 17.3 Å². The first kappa shape index (κ1) is 14.2. The van der Waals surface area contributed by atoms with Crippen molar-refractivity contribution in [3.05, 3.63) is 49.4 Å². The maximum Gasteiger partial charge on any atom is 0.293 e. The van der Waals surface area contributed by atoms with Crippen molar-refractivity contribution in [3.63, 3.8) is 0 Å². The molecule has 0 atom stereocenters. The van der Waals surface area contributed by atoms with Crippen molar-refractivity contribution in [1.82, 2.24) is 4.98 Å². The molecule has 0 aliphatic heterocycles. The fraction of sp³-hybridized carbons (Fsp3) is 0.0909. The van der Waals surface area contributed by atoms with Crippen LogP contribution in [0.4, 0.5) is 11.4 Å². The lowest BCUT2D eigenvalue weighted by atomic mass is 10.1. The predicted molar refractivity (Wildman–Crippen MR) is 76.1 cm³/mol. The molecule has 1 amide bonds. The zero-order valence-electron chi connectivity index (χ0n) is 10.00. The summed E-state index contributed by atoms with van der Waals surface area (Å²) in [5.41, 5.74) is 5.17. The predicted octanol–water partition coefficient (Wildman–Crippen LogP) is 2.42. The topological polar surface area (TPSA) is 111 Å². The Morgan fingerprint density at radius 3 is 2.85 bits per heavy atom. The van der Waals surface area contributed by atoms with Gasteiger partial charge in [0.05, 0.1) is 17.0 Å². The molecule has 0 radical (unpaired) electrons. The molecule has 0 saturated carbocycles. The van der Waals surface area contributed by atoms with Gasteiger partial charge >= 0.3 is 0 Å². The normalized spacial score (nSPS) is 10.2. The Labute approximate surface area is 122 Å². The lowest BCUT2D eigenvalue weighted by Crippen LogP contribution is -2.15. The third-order valence-corrected chi connectivity index (χ3v) is 3.58. The van der Waals surface area contributed by atoms with Gasteiger partial charge < -0.3 is 11.1 Å². The number of nitro benzene ring substituents is 1. The number of anilines is 1. The molecule has 0 fully saturated rings.